The predicted octanol–water partition coefficient (Wildman–Crippen LogP) is 3.05. The molecule has 0 aromatic heterocycles. The van der Waals surface area contributed by atoms with Crippen molar-refractivity contribution in [1.29, 1.82) is 0 Å². The van der Waals surface area contributed by atoms with Crippen LogP contribution in [0.2, 0.25) is 5.02 Å². The van der Waals surface area contributed by atoms with E-state index in [1.165, 1.54) is 5.75 Å². The van der Waals surface area contributed by atoms with Gasteiger partial charge in [-0.1, -0.05) is 11.6 Å². The highest BCUT2D eigenvalue weighted by molar-refractivity contribution is 7.98. The summed E-state index contributed by atoms with van der Waals surface area (Å²) in [7, 11) is 2.15. The molecule has 0 radical (unpaired) electrons. The lowest BCUT2D eigenvalue weighted by atomic mass is 10.3. The molecule has 0 aliphatic carbocycles. The average Bonchev–Trinajstić information content (AvgIpc) is 2.29. The summed E-state index contributed by atoms with van der Waals surface area (Å²) in [5.41, 5.74) is 1.13. The molecule has 90 valence electrons. The molecule has 0 atom stereocenters. The minimum atomic E-state index is 0.780. The van der Waals surface area contributed by atoms with Gasteiger partial charge in [-0.2, -0.15) is 11.8 Å². The minimum Gasteiger partial charge on any atom is -0.384 e. The Hall–Kier alpha value is -0.380. The first kappa shape index (κ1) is 13.7. The molecule has 0 aliphatic heterocycles. The predicted molar refractivity (Wildman–Crippen MR) is 75.8 cm³/mol. The van der Waals surface area contributed by atoms with Crippen LogP contribution in [0, 0.1) is 0 Å². The number of nitrogens with zero attached hydrogens (tertiary/aromatic N) is 1. The number of halogens is 1. The molecule has 0 saturated heterocycles. The van der Waals surface area contributed by atoms with Gasteiger partial charge in [-0.25, -0.2) is 0 Å². The van der Waals surface area contributed by atoms with E-state index in [-0.39, 0.29) is 0 Å². The fourth-order valence-electron chi connectivity index (χ4n) is 1.32. The van der Waals surface area contributed by atoms with Gasteiger partial charge in [0.25, 0.3) is 0 Å². The van der Waals surface area contributed by atoms with Crippen molar-refractivity contribution in [3.8, 4) is 0 Å². The normalized spacial score (nSPS) is 10.8. The highest BCUT2D eigenvalue weighted by Gasteiger charge is 1.97. The Kier molecular flexibility index (Phi) is 6.69. The van der Waals surface area contributed by atoms with Crippen LogP contribution in [-0.4, -0.2) is 43.6 Å². The van der Waals surface area contributed by atoms with Crippen molar-refractivity contribution < 1.29 is 0 Å². The first-order valence-electron chi connectivity index (χ1n) is 5.39. The summed E-state index contributed by atoms with van der Waals surface area (Å²) in [5.74, 6) is 1.19. The highest BCUT2D eigenvalue weighted by atomic mass is 35.5. The molecule has 0 amide bonds. The molecule has 16 heavy (non-hydrogen) atoms. The highest BCUT2D eigenvalue weighted by Crippen LogP contribution is 2.12. The molecule has 0 fully saturated rings. The Balaban J connectivity index is 2.17. The number of benzene rings is 1. The van der Waals surface area contributed by atoms with E-state index >= 15 is 0 Å². The molecule has 1 N–H and O–H groups in total. The van der Waals surface area contributed by atoms with Crippen molar-refractivity contribution >= 4 is 29.1 Å². The van der Waals surface area contributed by atoms with Crippen LogP contribution in [0.25, 0.3) is 0 Å². The van der Waals surface area contributed by atoms with Crippen LogP contribution < -0.4 is 5.32 Å². The minimum absolute atomic E-state index is 0.780. The van der Waals surface area contributed by atoms with Crippen LogP contribution in [0.4, 0.5) is 5.69 Å². The Bertz CT molecular complexity index is 290. The summed E-state index contributed by atoms with van der Waals surface area (Å²) in [6.45, 7) is 3.17. The molecule has 2 nitrogen and oxygen atoms in total. The summed E-state index contributed by atoms with van der Waals surface area (Å²) >= 11 is 7.70. The average molecular weight is 259 g/mol. The van der Waals surface area contributed by atoms with E-state index in [0.717, 1.165) is 30.3 Å². The van der Waals surface area contributed by atoms with Crippen LogP contribution >= 0.6 is 23.4 Å². The second-order valence-corrected chi connectivity index (χ2v) is 5.15. The fraction of sp³-hybridized carbons (Fsp3) is 0.500. The lowest BCUT2D eigenvalue weighted by molar-refractivity contribution is 0.370. The van der Waals surface area contributed by atoms with E-state index in [9.17, 15) is 0 Å². The number of likely N-dealkylation sites (N-methyl/N-ethyl adjacent to an activating group) is 1. The molecular weight excluding hydrogens is 240 g/mol. The van der Waals surface area contributed by atoms with Crippen LogP contribution in [0.1, 0.15) is 0 Å². The van der Waals surface area contributed by atoms with Gasteiger partial charge in [0.1, 0.15) is 0 Å². The van der Waals surface area contributed by atoms with Crippen molar-refractivity contribution in [3.63, 3.8) is 0 Å². The van der Waals surface area contributed by atoms with Crippen molar-refractivity contribution in [2.75, 3.05) is 44.0 Å². The van der Waals surface area contributed by atoms with Crippen LogP contribution in [0.5, 0.6) is 0 Å². The Labute approximate surface area is 107 Å². The van der Waals surface area contributed by atoms with Crippen molar-refractivity contribution in [1.82, 2.24) is 4.90 Å². The van der Waals surface area contributed by atoms with Gasteiger partial charge in [-0.05, 0) is 37.6 Å². The zero-order valence-electron chi connectivity index (χ0n) is 9.87. The van der Waals surface area contributed by atoms with Gasteiger partial charge in [0.2, 0.25) is 0 Å². The largest absolute Gasteiger partial charge is 0.384 e. The quantitative estimate of drug-likeness (QED) is 0.809. The molecule has 0 unspecified atom stereocenters. The molecule has 0 heterocycles. The van der Waals surface area contributed by atoms with Crippen molar-refractivity contribution in [2.45, 2.75) is 0 Å². The van der Waals surface area contributed by atoms with E-state index in [2.05, 4.69) is 23.5 Å². The molecule has 1 aromatic carbocycles. The van der Waals surface area contributed by atoms with Gasteiger partial charge in [-0.3, -0.25) is 0 Å². The molecule has 1 aromatic rings. The third kappa shape index (κ3) is 5.64. The summed E-state index contributed by atoms with van der Waals surface area (Å²) in [6, 6.07) is 7.82. The summed E-state index contributed by atoms with van der Waals surface area (Å²) in [6.07, 6.45) is 2.14. The molecule has 0 saturated carbocycles. The zero-order chi connectivity index (χ0) is 11.8. The topological polar surface area (TPSA) is 15.3 Å². The molecule has 4 heteroatoms. The van der Waals surface area contributed by atoms with E-state index < -0.39 is 0 Å². The smallest absolute Gasteiger partial charge is 0.0407 e. The van der Waals surface area contributed by atoms with Gasteiger partial charge in [-0.15, -0.1) is 0 Å². The summed E-state index contributed by atoms with van der Waals surface area (Å²) < 4.78 is 0. The summed E-state index contributed by atoms with van der Waals surface area (Å²) in [4.78, 5) is 2.33. The Morgan fingerprint density at radius 1 is 1.25 bits per heavy atom. The van der Waals surface area contributed by atoms with E-state index in [1.54, 1.807) is 0 Å². The van der Waals surface area contributed by atoms with Gasteiger partial charge < -0.3 is 10.2 Å². The molecule has 0 bridgehead atoms. The number of hydrogen-bond donors (Lipinski definition) is 1. The van der Waals surface area contributed by atoms with Crippen LogP contribution in [-0.2, 0) is 0 Å². The number of thioether (sulfide) groups is 1. The van der Waals surface area contributed by atoms with E-state index in [4.69, 9.17) is 11.6 Å². The van der Waals surface area contributed by atoms with Crippen molar-refractivity contribution in [2.24, 2.45) is 0 Å². The molecular formula is C12H19ClN2S. The zero-order valence-corrected chi connectivity index (χ0v) is 11.4. The fourth-order valence-corrected chi connectivity index (χ4v) is 1.94. The first-order chi connectivity index (χ1) is 7.72. The maximum absolute atomic E-state index is 5.82. The number of anilines is 1. The monoisotopic (exact) mass is 258 g/mol. The third-order valence-electron chi connectivity index (χ3n) is 2.34. The maximum Gasteiger partial charge on any atom is 0.0407 e. The van der Waals surface area contributed by atoms with Gasteiger partial charge in [0.15, 0.2) is 0 Å². The standard InChI is InChI=1S/C12H19ClN2S/c1-15(9-10-16-2)8-7-14-12-5-3-11(13)4-6-12/h3-6,14H,7-10H2,1-2H3. The van der Waals surface area contributed by atoms with Crippen LogP contribution in [0.3, 0.4) is 0 Å². The Morgan fingerprint density at radius 3 is 2.56 bits per heavy atom. The Morgan fingerprint density at radius 2 is 1.94 bits per heavy atom. The van der Waals surface area contributed by atoms with Gasteiger partial charge in [0.05, 0.1) is 0 Å². The second-order valence-electron chi connectivity index (χ2n) is 3.73. The first-order valence-corrected chi connectivity index (χ1v) is 7.16. The SMILES string of the molecule is CSCCN(C)CCNc1ccc(Cl)cc1. The molecule has 0 aliphatic rings. The number of hydrogen-bond acceptors (Lipinski definition) is 3. The second kappa shape index (κ2) is 7.82. The van der Waals surface area contributed by atoms with Gasteiger partial charge >= 0.3 is 0 Å². The number of rotatable bonds is 7. The van der Waals surface area contributed by atoms with E-state index in [0.29, 0.717) is 0 Å². The molecule has 0 spiro atoms. The van der Waals surface area contributed by atoms with Gasteiger partial charge in [0, 0.05) is 36.1 Å². The van der Waals surface area contributed by atoms with E-state index in [1.807, 2.05) is 36.0 Å². The number of nitrogens with one attached hydrogen (secondary N) is 1. The lowest BCUT2D eigenvalue weighted by Crippen LogP contribution is -2.27. The van der Waals surface area contributed by atoms with Crippen molar-refractivity contribution in [3.05, 3.63) is 29.3 Å². The molecule has 1 rings (SSSR count). The maximum atomic E-state index is 5.82. The lowest BCUT2D eigenvalue weighted by Gasteiger charge is -2.16. The third-order valence-corrected chi connectivity index (χ3v) is 3.19. The van der Waals surface area contributed by atoms with Crippen LogP contribution in [0.15, 0.2) is 24.3 Å². The summed E-state index contributed by atoms with van der Waals surface area (Å²) in [5, 5.41) is 4.15.